The first kappa shape index (κ1) is 32.2. The van der Waals surface area contributed by atoms with Crippen molar-refractivity contribution in [1.29, 1.82) is 0 Å². The smallest absolute Gasteiger partial charge is 0.326 e. The number of nitrogens with two attached hydrogens (primary N) is 3. The SMILES string of the molecule is CC(O)C(NC(=O)C(CCCCN)NC(=O)C(N)CCCCN)C(=O)NC(CCC(=O)O)C(=O)O. The summed E-state index contributed by atoms with van der Waals surface area (Å²) < 4.78 is 0. The lowest BCUT2D eigenvalue weighted by molar-refractivity contribution is -0.144. The van der Waals surface area contributed by atoms with E-state index in [-0.39, 0.29) is 6.42 Å². The zero-order valence-corrected chi connectivity index (χ0v) is 20.1. The normalized spacial score (nSPS) is 15.2. The number of amides is 3. The van der Waals surface area contributed by atoms with E-state index in [2.05, 4.69) is 16.0 Å². The van der Waals surface area contributed by atoms with Gasteiger partial charge in [-0.15, -0.1) is 0 Å². The largest absolute Gasteiger partial charge is 0.481 e. The van der Waals surface area contributed by atoms with E-state index in [1.165, 1.54) is 6.92 Å². The van der Waals surface area contributed by atoms with Crippen LogP contribution >= 0.6 is 0 Å². The molecular formula is C21H40N6O8. The van der Waals surface area contributed by atoms with Crippen molar-refractivity contribution in [3.63, 3.8) is 0 Å². The molecule has 0 radical (unpaired) electrons. The zero-order chi connectivity index (χ0) is 27.0. The maximum Gasteiger partial charge on any atom is 0.326 e. The van der Waals surface area contributed by atoms with Gasteiger partial charge in [-0.2, -0.15) is 0 Å². The van der Waals surface area contributed by atoms with Crippen LogP contribution in [0.15, 0.2) is 0 Å². The molecule has 0 saturated carbocycles. The molecule has 3 amide bonds. The Morgan fingerprint density at radius 1 is 0.743 bits per heavy atom. The second kappa shape index (κ2) is 17.6. The summed E-state index contributed by atoms with van der Waals surface area (Å²) in [6.45, 7) is 2.04. The molecule has 0 aromatic carbocycles. The van der Waals surface area contributed by atoms with Crippen LogP contribution in [0.25, 0.3) is 0 Å². The van der Waals surface area contributed by atoms with Crippen molar-refractivity contribution in [2.24, 2.45) is 17.2 Å². The monoisotopic (exact) mass is 504 g/mol. The van der Waals surface area contributed by atoms with E-state index in [1.807, 2.05) is 0 Å². The van der Waals surface area contributed by atoms with Gasteiger partial charge in [-0.1, -0.05) is 6.42 Å². The molecule has 202 valence electrons. The van der Waals surface area contributed by atoms with Gasteiger partial charge in [-0.25, -0.2) is 4.79 Å². The molecule has 0 fully saturated rings. The number of rotatable bonds is 19. The minimum Gasteiger partial charge on any atom is -0.481 e. The second-order valence-corrected chi connectivity index (χ2v) is 8.30. The number of carbonyl (C=O) groups excluding carboxylic acids is 3. The number of hydrogen-bond acceptors (Lipinski definition) is 9. The molecule has 0 aliphatic rings. The van der Waals surface area contributed by atoms with Crippen LogP contribution in [0.2, 0.25) is 0 Å². The fourth-order valence-corrected chi connectivity index (χ4v) is 3.13. The number of aliphatic hydroxyl groups is 1. The Labute approximate surface area is 204 Å². The Morgan fingerprint density at radius 2 is 1.29 bits per heavy atom. The van der Waals surface area contributed by atoms with Gasteiger partial charge >= 0.3 is 11.9 Å². The number of nitrogens with one attached hydrogen (secondary N) is 3. The first-order valence-corrected chi connectivity index (χ1v) is 11.6. The fourth-order valence-electron chi connectivity index (χ4n) is 3.13. The van der Waals surface area contributed by atoms with Crippen molar-refractivity contribution in [2.75, 3.05) is 13.1 Å². The number of hydrogen-bond donors (Lipinski definition) is 9. The molecule has 14 nitrogen and oxygen atoms in total. The maximum absolute atomic E-state index is 12.9. The van der Waals surface area contributed by atoms with Gasteiger partial charge in [0.25, 0.3) is 0 Å². The van der Waals surface area contributed by atoms with Crippen molar-refractivity contribution in [1.82, 2.24) is 16.0 Å². The molecule has 14 heteroatoms. The number of carboxylic acids is 2. The van der Waals surface area contributed by atoms with Crippen LogP contribution in [0.5, 0.6) is 0 Å². The van der Waals surface area contributed by atoms with Crippen LogP contribution in [0.4, 0.5) is 0 Å². The Bertz CT molecular complexity index is 705. The third-order valence-corrected chi connectivity index (χ3v) is 5.21. The van der Waals surface area contributed by atoms with Gasteiger partial charge in [0.05, 0.1) is 12.1 Å². The lowest BCUT2D eigenvalue weighted by atomic mass is 10.0. The van der Waals surface area contributed by atoms with Crippen LogP contribution in [0.1, 0.15) is 58.3 Å². The highest BCUT2D eigenvalue weighted by molar-refractivity contribution is 5.94. The van der Waals surface area contributed by atoms with Gasteiger partial charge in [-0.05, 0) is 58.5 Å². The van der Waals surface area contributed by atoms with Gasteiger partial charge in [-0.3, -0.25) is 19.2 Å². The van der Waals surface area contributed by atoms with Crippen LogP contribution in [-0.2, 0) is 24.0 Å². The number of carbonyl (C=O) groups is 5. The highest BCUT2D eigenvalue weighted by Gasteiger charge is 2.32. The minimum atomic E-state index is -1.55. The standard InChI is InChI=1S/C21H40N6O8/c1-12(28)17(20(33)26-15(21(34)35)8-9-16(29)30)27-19(32)14(7-3-5-11-23)25-18(31)13(24)6-2-4-10-22/h12-15,17,28H,2-11,22-24H2,1H3,(H,25,31)(H,26,33)(H,27,32)(H,29,30)(H,34,35). The van der Waals surface area contributed by atoms with Crippen LogP contribution in [-0.4, -0.2) is 88.3 Å². The van der Waals surface area contributed by atoms with Gasteiger partial charge in [0.15, 0.2) is 0 Å². The van der Waals surface area contributed by atoms with Gasteiger partial charge in [0, 0.05) is 6.42 Å². The molecule has 12 N–H and O–H groups in total. The molecule has 0 spiro atoms. The Morgan fingerprint density at radius 3 is 1.77 bits per heavy atom. The summed E-state index contributed by atoms with van der Waals surface area (Å²) in [5.74, 6) is -5.07. The first-order chi connectivity index (χ1) is 16.4. The van der Waals surface area contributed by atoms with Crippen molar-refractivity contribution in [3.05, 3.63) is 0 Å². The molecule has 5 atom stereocenters. The topological polar surface area (TPSA) is 260 Å². The van der Waals surface area contributed by atoms with Crippen molar-refractivity contribution in [2.45, 2.75) is 88.6 Å². The van der Waals surface area contributed by atoms with E-state index >= 15 is 0 Å². The lowest BCUT2D eigenvalue weighted by Crippen LogP contribution is -2.59. The zero-order valence-electron chi connectivity index (χ0n) is 20.1. The third-order valence-electron chi connectivity index (χ3n) is 5.21. The lowest BCUT2D eigenvalue weighted by Gasteiger charge is -2.26. The molecule has 5 unspecified atom stereocenters. The number of unbranched alkanes of at least 4 members (excludes halogenated alkanes) is 2. The number of aliphatic hydroxyl groups excluding tert-OH is 1. The number of aliphatic carboxylic acids is 2. The van der Waals surface area contributed by atoms with Gasteiger partial charge in [0.1, 0.15) is 18.1 Å². The maximum atomic E-state index is 12.9. The van der Waals surface area contributed by atoms with Gasteiger partial charge < -0.3 is 48.5 Å². The summed E-state index contributed by atoms with van der Waals surface area (Å²) in [4.78, 5) is 60.1. The Hall–Kier alpha value is -2.81. The molecule has 0 aliphatic carbocycles. The van der Waals surface area contributed by atoms with Crippen LogP contribution in [0.3, 0.4) is 0 Å². The molecule has 35 heavy (non-hydrogen) atoms. The summed E-state index contributed by atoms with van der Waals surface area (Å²) >= 11 is 0. The van der Waals surface area contributed by atoms with Crippen LogP contribution in [0, 0.1) is 0 Å². The Kier molecular flexibility index (Phi) is 16.2. The summed E-state index contributed by atoms with van der Waals surface area (Å²) in [5.41, 5.74) is 16.8. The minimum absolute atomic E-state index is 0.189. The van der Waals surface area contributed by atoms with Crippen molar-refractivity contribution in [3.8, 4) is 0 Å². The molecular weight excluding hydrogens is 464 g/mol. The van der Waals surface area contributed by atoms with Gasteiger partial charge in [0.2, 0.25) is 17.7 Å². The molecule has 0 saturated heterocycles. The predicted octanol–water partition coefficient (Wildman–Crippen LogP) is -2.64. The first-order valence-electron chi connectivity index (χ1n) is 11.6. The molecule has 0 bridgehead atoms. The third kappa shape index (κ3) is 13.6. The number of carboxylic acid groups (broad SMARTS) is 2. The average molecular weight is 505 g/mol. The summed E-state index contributed by atoms with van der Waals surface area (Å²) in [5, 5.41) is 35.1. The molecule has 0 aliphatic heterocycles. The quantitative estimate of drug-likeness (QED) is 0.0820. The van der Waals surface area contributed by atoms with E-state index < -0.39 is 72.8 Å². The molecule has 0 rings (SSSR count). The van der Waals surface area contributed by atoms with Crippen LogP contribution < -0.4 is 33.2 Å². The summed E-state index contributed by atoms with van der Waals surface area (Å²) in [7, 11) is 0. The average Bonchev–Trinajstić information content (AvgIpc) is 2.78. The molecule has 0 aromatic heterocycles. The van der Waals surface area contributed by atoms with E-state index in [0.717, 1.165) is 0 Å². The highest BCUT2D eigenvalue weighted by Crippen LogP contribution is 2.06. The van der Waals surface area contributed by atoms with Crippen molar-refractivity contribution >= 4 is 29.7 Å². The second-order valence-electron chi connectivity index (χ2n) is 8.30. The van der Waals surface area contributed by atoms with E-state index in [1.54, 1.807) is 0 Å². The van der Waals surface area contributed by atoms with E-state index in [9.17, 15) is 34.2 Å². The van der Waals surface area contributed by atoms with E-state index in [0.29, 0.717) is 45.2 Å². The van der Waals surface area contributed by atoms with Crippen molar-refractivity contribution < 1.29 is 39.3 Å². The summed E-state index contributed by atoms with van der Waals surface area (Å²) in [6, 6.07) is -5.04. The molecule has 0 aromatic rings. The summed E-state index contributed by atoms with van der Waals surface area (Å²) in [6.07, 6.45) is 0.612. The molecule has 0 heterocycles. The Balaban J connectivity index is 5.36. The predicted molar refractivity (Wildman–Crippen MR) is 126 cm³/mol. The highest BCUT2D eigenvalue weighted by atomic mass is 16.4. The van der Waals surface area contributed by atoms with E-state index in [4.69, 9.17) is 22.3 Å². The fraction of sp³-hybridized carbons (Fsp3) is 0.762.